The van der Waals surface area contributed by atoms with Gasteiger partial charge in [0, 0.05) is 31.2 Å². The standard InChI is InChI=1S/C16H26N2O/c1-4-6-14-10-17-16(2,3)12-18(14)11-13-7-5-8-15(19)9-13/h5,7-9,14,17,19H,4,6,10-12H2,1-3H3. The Labute approximate surface area is 116 Å². The molecular formula is C16H26N2O. The highest BCUT2D eigenvalue weighted by molar-refractivity contribution is 5.27. The molecule has 1 heterocycles. The van der Waals surface area contributed by atoms with E-state index < -0.39 is 0 Å². The van der Waals surface area contributed by atoms with Crippen LogP contribution in [0.4, 0.5) is 0 Å². The van der Waals surface area contributed by atoms with Crippen molar-refractivity contribution in [2.24, 2.45) is 0 Å². The van der Waals surface area contributed by atoms with Crippen LogP contribution in [0.5, 0.6) is 5.75 Å². The van der Waals surface area contributed by atoms with Crippen LogP contribution in [0.3, 0.4) is 0 Å². The number of aromatic hydroxyl groups is 1. The molecule has 1 atom stereocenters. The largest absolute Gasteiger partial charge is 0.508 e. The Morgan fingerprint density at radius 1 is 1.42 bits per heavy atom. The fourth-order valence-electron chi connectivity index (χ4n) is 2.91. The monoisotopic (exact) mass is 262 g/mol. The molecule has 0 spiro atoms. The summed E-state index contributed by atoms with van der Waals surface area (Å²) in [6.07, 6.45) is 2.44. The molecule has 19 heavy (non-hydrogen) atoms. The molecule has 3 nitrogen and oxygen atoms in total. The summed E-state index contributed by atoms with van der Waals surface area (Å²) in [5.41, 5.74) is 1.36. The average Bonchev–Trinajstić information content (AvgIpc) is 2.32. The number of nitrogens with one attached hydrogen (secondary N) is 1. The van der Waals surface area contributed by atoms with Crippen molar-refractivity contribution >= 4 is 0 Å². The molecule has 1 aliphatic rings. The van der Waals surface area contributed by atoms with E-state index in [9.17, 15) is 5.11 Å². The molecule has 0 amide bonds. The lowest BCUT2D eigenvalue weighted by atomic mass is 9.96. The van der Waals surface area contributed by atoms with Crippen LogP contribution in [0, 0.1) is 0 Å². The minimum Gasteiger partial charge on any atom is -0.508 e. The van der Waals surface area contributed by atoms with Crippen molar-refractivity contribution in [2.45, 2.75) is 51.7 Å². The SMILES string of the molecule is CCCC1CNC(C)(C)CN1Cc1cccc(O)c1. The van der Waals surface area contributed by atoms with Crippen LogP contribution in [0.2, 0.25) is 0 Å². The summed E-state index contributed by atoms with van der Waals surface area (Å²) in [7, 11) is 0. The second-order valence-corrected chi connectivity index (χ2v) is 6.28. The van der Waals surface area contributed by atoms with Crippen LogP contribution in [-0.4, -0.2) is 34.7 Å². The first-order valence-electron chi connectivity index (χ1n) is 7.27. The van der Waals surface area contributed by atoms with Crippen LogP contribution in [0.25, 0.3) is 0 Å². The minimum atomic E-state index is 0.168. The number of piperazine rings is 1. The number of rotatable bonds is 4. The van der Waals surface area contributed by atoms with Gasteiger partial charge in [-0.1, -0.05) is 25.5 Å². The third-order valence-corrected chi connectivity index (χ3v) is 3.85. The Morgan fingerprint density at radius 3 is 2.89 bits per heavy atom. The summed E-state index contributed by atoms with van der Waals surface area (Å²) in [5, 5.41) is 13.2. The van der Waals surface area contributed by atoms with Gasteiger partial charge >= 0.3 is 0 Å². The van der Waals surface area contributed by atoms with Crippen molar-refractivity contribution in [3.63, 3.8) is 0 Å². The Bertz CT molecular complexity index is 417. The summed E-state index contributed by atoms with van der Waals surface area (Å²) >= 11 is 0. The fourth-order valence-corrected chi connectivity index (χ4v) is 2.91. The van der Waals surface area contributed by atoms with Crippen molar-refractivity contribution in [1.82, 2.24) is 10.2 Å². The molecule has 0 bridgehead atoms. The van der Waals surface area contributed by atoms with Crippen molar-refractivity contribution < 1.29 is 5.11 Å². The topological polar surface area (TPSA) is 35.5 Å². The fraction of sp³-hybridized carbons (Fsp3) is 0.625. The molecule has 1 fully saturated rings. The zero-order chi connectivity index (χ0) is 13.9. The van der Waals surface area contributed by atoms with Gasteiger partial charge in [-0.05, 0) is 38.0 Å². The zero-order valence-corrected chi connectivity index (χ0v) is 12.3. The van der Waals surface area contributed by atoms with E-state index in [1.165, 1.54) is 18.4 Å². The Balaban J connectivity index is 2.09. The van der Waals surface area contributed by atoms with Crippen molar-refractivity contribution in [3.8, 4) is 5.75 Å². The van der Waals surface area contributed by atoms with Crippen LogP contribution >= 0.6 is 0 Å². The van der Waals surface area contributed by atoms with Crippen molar-refractivity contribution in [2.75, 3.05) is 13.1 Å². The van der Waals surface area contributed by atoms with Gasteiger partial charge in [0.2, 0.25) is 0 Å². The van der Waals surface area contributed by atoms with E-state index in [0.717, 1.165) is 19.6 Å². The lowest BCUT2D eigenvalue weighted by Gasteiger charge is -2.44. The average molecular weight is 262 g/mol. The van der Waals surface area contributed by atoms with Crippen molar-refractivity contribution in [3.05, 3.63) is 29.8 Å². The summed E-state index contributed by atoms with van der Waals surface area (Å²) in [6.45, 7) is 9.78. The normalized spacial score (nSPS) is 23.4. The minimum absolute atomic E-state index is 0.168. The van der Waals surface area contributed by atoms with Crippen LogP contribution < -0.4 is 5.32 Å². The van der Waals surface area contributed by atoms with Gasteiger partial charge in [0.05, 0.1) is 0 Å². The third-order valence-electron chi connectivity index (χ3n) is 3.85. The molecule has 1 saturated heterocycles. The predicted molar refractivity (Wildman–Crippen MR) is 79.3 cm³/mol. The number of phenols is 1. The summed E-state index contributed by atoms with van der Waals surface area (Å²) in [6, 6.07) is 8.22. The number of nitrogens with zero attached hydrogens (tertiary/aromatic N) is 1. The lowest BCUT2D eigenvalue weighted by Crippen LogP contribution is -2.61. The maximum atomic E-state index is 9.58. The molecule has 1 aromatic rings. The molecule has 3 heteroatoms. The summed E-state index contributed by atoms with van der Waals surface area (Å²) in [5.74, 6) is 0.360. The van der Waals surface area contributed by atoms with Crippen LogP contribution in [0.1, 0.15) is 39.2 Å². The van der Waals surface area contributed by atoms with E-state index in [-0.39, 0.29) is 5.54 Å². The number of benzene rings is 1. The van der Waals surface area contributed by atoms with Gasteiger partial charge in [-0.25, -0.2) is 0 Å². The van der Waals surface area contributed by atoms with Gasteiger partial charge in [-0.3, -0.25) is 4.90 Å². The molecule has 0 aromatic heterocycles. The lowest BCUT2D eigenvalue weighted by molar-refractivity contribution is 0.0826. The van der Waals surface area contributed by atoms with Gasteiger partial charge < -0.3 is 10.4 Å². The zero-order valence-electron chi connectivity index (χ0n) is 12.3. The van der Waals surface area contributed by atoms with E-state index in [0.29, 0.717) is 11.8 Å². The molecule has 1 unspecified atom stereocenters. The molecule has 0 aliphatic carbocycles. The van der Waals surface area contributed by atoms with Crippen molar-refractivity contribution in [1.29, 1.82) is 0 Å². The highest BCUT2D eigenvalue weighted by atomic mass is 16.3. The molecule has 1 aromatic carbocycles. The van der Waals surface area contributed by atoms with E-state index in [2.05, 4.69) is 37.1 Å². The first kappa shape index (κ1) is 14.4. The maximum absolute atomic E-state index is 9.58. The van der Waals surface area contributed by atoms with E-state index >= 15 is 0 Å². The van der Waals surface area contributed by atoms with E-state index in [1.54, 1.807) is 6.07 Å². The maximum Gasteiger partial charge on any atom is 0.115 e. The second kappa shape index (κ2) is 5.93. The molecule has 106 valence electrons. The molecule has 0 saturated carbocycles. The first-order chi connectivity index (χ1) is 9.00. The number of hydrogen-bond acceptors (Lipinski definition) is 3. The van der Waals surface area contributed by atoms with Gasteiger partial charge in [0.25, 0.3) is 0 Å². The highest BCUT2D eigenvalue weighted by Gasteiger charge is 2.31. The molecule has 0 radical (unpaired) electrons. The van der Waals surface area contributed by atoms with E-state index in [1.807, 2.05) is 12.1 Å². The predicted octanol–water partition coefficient (Wildman–Crippen LogP) is 2.74. The summed E-state index contributed by atoms with van der Waals surface area (Å²) < 4.78 is 0. The smallest absolute Gasteiger partial charge is 0.115 e. The van der Waals surface area contributed by atoms with Crippen LogP contribution in [0.15, 0.2) is 24.3 Å². The Morgan fingerprint density at radius 2 is 2.21 bits per heavy atom. The van der Waals surface area contributed by atoms with Gasteiger partial charge in [0.1, 0.15) is 5.75 Å². The Kier molecular flexibility index (Phi) is 4.48. The highest BCUT2D eigenvalue weighted by Crippen LogP contribution is 2.22. The quantitative estimate of drug-likeness (QED) is 0.876. The molecular weight excluding hydrogens is 236 g/mol. The second-order valence-electron chi connectivity index (χ2n) is 6.28. The third kappa shape index (κ3) is 3.95. The molecule has 1 aliphatic heterocycles. The first-order valence-corrected chi connectivity index (χ1v) is 7.27. The van der Waals surface area contributed by atoms with Gasteiger partial charge in [-0.15, -0.1) is 0 Å². The Hall–Kier alpha value is -1.06. The van der Waals surface area contributed by atoms with Gasteiger partial charge in [0.15, 0.2) is 0 Å². The summed E-state index contributed by atoms with van der Waals surface area (Å²) in [4.78, 5) is 2.55. The molecule has 2 N–H and O–H groups in total. The van der Waals surface area contributed by atoms with E-state index in [4.69, 9.17) is 0 Å². The number of phenolic OH excluding ortho intramolecular Hbond substituents is 1. The van der Waals surface area contributed by atoms with Crippen LogP contribution in [-0.2, 0) is 6.54 Å². The van der Waals surface area contributed by atoms with Gasteiger partial charge in [-0.2, -0.15) is 0 Å². The molecule has 2 rings (SSSR count). The number of hydrogen-bond donors (Lipinski definition) is 2.